The van der Waals surface area contributed by atoms with E-state index in [9.17, 15) is 0 Å². The van der Waals surface area contributed by atoms with Crippen LogP contribution in [0.1, 0.15) is 31.3 Å². The Balaban J connectivity index is 1.76. The molecule has 1 aromatic heterocycles. The predicted octanol–water partition coefficient (Wildman–Crippen LogP) is 2.49. The SMILES string of the molecule is Cc1ccc(CNC(C)C2CCOCC2)o1. The van der Waals surface area contributed by atoms with E-state index in [1.54, 1.807) is 0 Å². The molecule has 1 N–H and O–H groups in total. The Morgan fingerprint density at radius 2 is 2.12 bits per heavy atom. The highest BCUT2D eigenvalue weighted by molar-refractivity contribution is 5.05. The van der Waals surface area contributed by atoms with E-state index in [-0.39, 0.29) is 0 Å². The van der Waals surface area contributed by atoms with E-state index in [4.69, 9.17) is 9.15 Å². The van der Waals surface area contributed by atoms with Gasteiger partial charge in [0.15, 0.2) is 0 Å². The minimum absolute atomic E-state index is 0.536. The second-order valence-corrected chi connectivity index (χ2v) is 4.63. The van der Waals surface area contributed by atoms with Crippen molar-refractivity contribution in [2.75, 3.05) is 13.2 Å². The summed E-state index contributed by atoms with van der Waals surface area (Å²) >= 11 is 0. The Bertz CT molecular complexity index is 315. The highest BCUT2D eigenvalue weighted by Gasteiger charge is 2.20. The molecule has 0 amide bonds. The van der Waals surface area contributed by atoms with Crippen molar-refractivity contribution in [3.63, 3.8) is 0 Å². The molecule has 1 fully saturated rings. The summed E-state index contributed by atoms with van der Waals surface area (Å²) in [7, 11) is 0. The highest BCUT2D eigenvalue weighted by Crippen LogP contribution is 2.19. The maximum absolute atomic E-state index is 5.53. The van der Waals surface area contributed by atoms with Gasteiger partial charge in [-0.1, -0.05) is 0 Å². The number of hydrogen-bond donors (Lipinski definition) is 1. The molecule has 90 valence electrons. The molecule has 3 nitrogen and oxygen atoms in total. The number of hydrogen-bond acceptors (Lipinski definition) is 3. The summed E-state index contributed by atoms with van der Waals surface area (Å²) in [6.07, 6.45) is 2.34. The van der Waals surface area contributed by atoms with Gasteiger partial charge in [0.05, 0.1) is 6.54 Å². The van der Waals surface area contributed by atoms with E-state index >= 15 is 0 Å². The third-order valence-electron chi connectivity index (χ3n) is 3.37. The molecule has 0 saturated carbocycles. The summed E-state index contributed by atoms with van der Waals surface area (Å²) in [4.78, 5) is 0. The molecule has 2 rings (SSSR count). The fourth-order valence-corrected chi connectivity index (χ4v) is 2.22. The quantitative estimate of drug-likeness (QED) is 0.851. The third-order valence-corrected chi connectivity index (χ3v) is 3.37. The van der Waals surface area contributed by atoms with Crippen LogP contribution in [0.4, 0.5) is 0 Å². The van der Waals surface area contributed by atoms with E-state index in [2.05, 4.69) is 12.2 Å². The van der Waals surface area contributed by atoms with Gasteiger partial charge in [-0.3, -0.25) is 0 Å². The third kappa shape index (κ3) is 3.09. The predicted molar refractivity (Wildman–Crippen MR) is 63.3 cm³/mol. The molecule has 1 atom stereocenters. The van der Waals surface area contributed by atoms with Gasteiger partial charge >= 0.3 is 0 Å². The lowest BCUT2D eigenvalue weighted by molar-refractivity contribution is 0.0555. The minimum Gasteiger partial charge on any atom is -0.465 e. The summed E-state index contributed by atoms with van der Waals surface area (Å²) in [5, 5.41) is 3.53. The largest absolute Gasteiger partial charge is 0.465 e. The molecule has 0 bridgehead atoms. The molecule has 1 aromatic rings. The Kier molecular flexibility index (Phi) is 4.02. The molecular weight excluding hydrogens is 202 g/mol. The van der Waals surface area contributed by atoms with Crippen LogP contribution in [0.25, 0.3) is 0 Å². The van der Waals surface area contributed by atoms with Crippen LogP contribution in [0.2, 0.25) is 0 Å². The molecule has 1 aliphatic rings. The molecule has 16 heavy (non-hydrogen) atoms. The lowest BCUT2D eigenvalue weighted by Gasteiger charge is -2.28. The molecule has 0 spiro atoms. The average Bonchev–Trinajstić information content (AvgIpc) is 2.73. The number of rotatable bonds is 4. The maximum Gasteiger partial charge on any atom is 0.117 e. The first-order valence-electron chi connectivity index (χ1n) is 6.12. The number of ether oxygens (including phenoxy) is 1. The van der Waals surface area contributed by atoms with Gasteiger partial charge in [-0.2, -0.15) is 0 Å². The van der Waals surface area contributed by atoms with Crippen LogP contribution in [0.5, 0.6) is 0 Å². The van der Waals surface area contributed by atoms with Crippen molar-refractivity contribution in [2.45, 2.75) is 39.3 Å². The number of nitrogens with one attached hydrogen (secondary N) is 1. The summed E-state index contributed by atoms with van der Waals surface area (Å²) in [6, 6.07) is 4.59. The summed E-state index contributed by atoms with van der Waals surface area (Å²) in [6.45, 7) is 6.89. The van der Waals surface area contributed by atoms with Crippen molar-refractivity contribution in [1.29, 1.82) is 0 Å². The Hall–Kier alpha value is -0.800. The summed E-state index contributed by atoms with van der Waals surface area (Å²) < 4.78 is 10.9. The molecule has 1 unspecified atom stereocenters. The van der Waals surface area contributed by atoms with Gasteiger partial charge < -0.3 is 14.5 Å². The van der Waals surface area contributed by atoms with Crippen molar-refractivity contribution in [1.82, 2.24) is 5.32 Å². The first-order valence-corrected chi connectivity index (χ1v) is 6.12. The van der Waals surface area contributed by atoms with Gasteiger partial charge in [0.1, 0.15) is 11.5 Å². The summed E-state index contributed by atoms with van der Waals surface area (Å²) in [5.41, 5.74) is 0. The number of aryl methyl sites for hydroxylation is 1. The lowest BCUT2D eigenvalue weighted by atomic mass is 9.93. The molecule has 2 heterocycles. The van der Waals surface area contributed by atoms with Gasteiger partial charge in [-0.05, 0) is 44.7 Å². The van der Waals surface area contributed by atoms with Crippen LogP contribution in [-0.4, -0.2) is 19.3 Å². The van der Waals surface area contributed by atoms with Crippen molar-refractivity contribution < 1.29 is 9.15 Å². The van der Waals surface area contributed by atoms with Crippen molar-refractivity contribution in [3.05, 3.63) is 23.7 Å². The minimum atomic E-state index is 0.536. The topological polar surface area (TPSA) is 34.4 Å². The zero-order valence-corrected chi connectivity index (χ0v) is 10.2. The smallest absolute Gasteiger partial charge is 0.117 e. The first-order chi connectivity index (χ1) is 7.75. The lowest BCUT2D eigenvalue weighted by Crippen LogP contribution is -2.36. The molecule has 0 aromatic carbocycles. The monoisotopic (exact) mass is 223 g/mol. The van der Waals surface area contributed by atoms with Gasteiger partial charge in [-0.25, -0.2) is 0 Å². The van der Waals surface area contributed by atoms with E-state index in [1.165, 1.54) is 12.8 Å². The normalized spacial score (nSPS) is 19.9. The van der Waals surface area contributed by atoms with E-state index in [0.717, 1.165) is 37.2 Å². The average molecular weight is 223 g/mol. The molecule has 0 aliphatic carbocycles. The second-order valence-electron chi connectivity index (χ2n) is 4.63. The molecule has 1 saturated heterocycles. The molecular formula is C13H21NO2. The zero-order chi connectivity index (χ0) is 11.4. The Morgan fingerprint density at radius 3 is 2.75 bits per heavy atom. The van der Waals surface area contributed by atoms with Crippen LogP contribution in [0, 0.1) is 12.8 Å². The zero-order valence-electron chi connectivity index (χ0n) is 10.2. The van der Waals surface area contributed by atoms with Gasteiger partial charge in [-0.15, -0.1) is 0 Å². The second kappa shape index (κ2) is 5.51. The van der Waals surface area contributed by atoms with Crippen LogP contribution in [0.3, 0.4) is 0 Å². The Labute approximate surface area is 97.2 Å². The van der Waals surface area contributed by atoms with E-state index < -0.39 is 0 Å². The van der Waals surface area contributed by atoms with Crippen LogP contribution in [-0.2, 0) is 11.3 Å². The van der Waals surface area contributed by atoms with E-state index in [0.29, 0.717) is 6.04 Å². The molecule has 1 aliphatic heterocycles. The van der Waals surface area contributed by atoms with Crippen molar-refractivity contribution in [3.8, 4) is 0 Å². The van der Waals surface area contributed by atoms with Crippen LogP contribution >= 0.6 is 0 Å². The fraction of sp³-hybridized carbons (Fsp3) is 0.692. The standard InChI is InChI=1S/C13H21NO2/c1-10-3-4-13(16-10)9-14-11(2)12-5-7-15-8-6-12/h3-4,11-12,14H,5-9H2,1-2H3. The fourth-order valence-electron chi connectivity index (χ4n) is 2.22. The first kappa shape index (κ1) is 11.7. The molecule has 3 heteroatoms. The number of furan rings is 1. The molecule has 0 radical (unpaired) electrons. The van der Waals surface area contributed by atoms with E-state index in [1.807, 2.05) is 19.1 Å². The highest BCUT2D eigenvalue weighted by atomic mass is 16.5. The maximum atomic E-state index is 5.53. The van der Waals surface area contributed by atoms with Gasteiger partial charge in [0.25, 0.3) is 0 Å². The Morgan fingerprint density at radius 1 is 1.38 bits per heavy atom. The van der Waals surface area contributed by atoms with Crippen molar-refractivity contribution in [2.24, 2.45) is 5.92 Å². The van der Waals surface area contributed by atoms with Gasteiger partial charge in [0.2, 0.25) is 0 Å². The van der Waals surface area contributed by atoms with Gasteiger partial charge in [0, 0.05) is 19.3 Å². The van der Waals surface area contributed by atoms with Crippen LogP contribution < -0.4 is 5.32 Å². The van der Waals surface area contributed by atoms with Crippen LogP contribution in [0.15, 0.2) is 16.5 Å². The van der Waals surface area contributed by atoms with Crippen molar-refractivity contribution >= 4 is 0 Å². The summed E-state index contributed by atoms with van der Waals surface area (Å²) in [5.74, 6) is 2.75.